The van der Waals surface area contributed by atoms with Gasteiger partial charge in [0.05, 0.1) is 0 Å². The van der Waals surface area contributed by atoms with E-state index in [4.69, 9.17) is 0 Å². The van der Waals surface area contributed by atoms with Crippen LogP contribution in [0.15, 0.2) is 18.2 Å². The van der Waals surface area contributed by atoms with Gasteiger partial charge < -0.3 is 10.2 Å². The Balaban J connectivity index is 2.94. The van der Waals surface area contributed by atoms with Crippen molar-refractivity contribution in [2.24, 2.45) is 0 Å². The van der Waals surface area contributed by atoms with Crippen molar-refractivity contribution in [3.05, 3.63) is 23.9 Å². The molecule has 0 saturated heterocycles. The van der Waals surface area contributed by atoms with E-state index in [2.05, 4.69) is 10.3 Å². The molecule has 0 spiro atoms. The Labute approximate surface area is 96.7 Å². The summed E-state index contributed by atoms with van der Waals surface area (Å²) in [5.41, 5.74) is 0.488. The summed E-state index contributed by atoms with van der Waals surface area (Å²) in [6.45, 7) is 6.68. The Bertz CT molecular complexity index is 363. The summed E-state index contributed by atoms with van der Waals surface area (Å²) in [6, 6.07) is 5.61. The summed E-state index contributed by atoms with van der Waals surface area (Å²) in [5, 5.41) is 2.93. The van der Waals surface area contributed by atoms with Crippen LogP contribution in [0, 0.1) is 0 Å². The van der Waals surface area contributed by atoms with Crippen LogP contribution >= 0.6 is 0 Å². The maximum atomic E-state index is 12.1. The predicted molar refractivity (Wildman–Crippen MR) is 65.6 cm³/mol. The highest BCUT2D eigenvalue weighted by atomic mass is 16.2. The van der Waals surface area contributed by atoms with E-state index >= 15 is 0 Å². The highest BCUT2D eigenvalue weighted by molar-refractivity contribution is 5.92. The standard InChI is InChI=1S/C12H19N3O/c1-5-15(9(2)3)12(16)10-7-6-8-11(13-4)14-10/h6-9H,5H2,1-4H3,(H,13,14). The molecule has 1 amide bonds. The number of amides is 1. The van der Waals surface area contributed by atoms with E-state index < -0.39 is 0 Å². The summed E-state index contributed by atoms with van der Waals surface area (Å²) in [6.07, 6.45) is 0. The van der Waals surface area contributed by atoms with E-state index in [-0.39, 0.29) is 11.9 Å². The molecule has 0 fully saturated rings. The number of nitrogens with one attached hydrogen (secondary N) is 1. The van der Waals surface area contributed by atoms with Gasteiger partial charge in [0.25, 0.3) is 5.91 Å². The third-order valence-corrected chi connectivity index (χ3v) is 2.45. The minimum Gasteiger partial charge on any atom is -0.373 e. The third-order valence-electron chi connectivity index (χ3n) is 2.45. The van der Waals surface area contributed by atoms with Crippen molar-refractivity contribution >= 4 is 11.7 Å². The number of nitrogens with zero attached hydrogens (tertiary/aromatic N) is 2. The Morgan fingerprint density at radius 3 is 2.69 bits per heavy atom. The molecule has 0 unspecified atom stereocenters. The molecule has 0 atom stereocenters. The zero-order chi connectivity index (χ0) is 12.1. The third kappa shape index (κ3) is 2.72. The van der Waals surface area contributed by atoms with Gasteiger partial charge in [-0.15, -0.1) is 0 Å². The fourth-order valence-corrected chi connectivity index (χ4v) is 1.58. The van der Waals surface area contributed by atoms with E-state index in [0.29, 0.717) is 18.1 Å². The van der Waals surface area contributed by atoms with Crippen LogP contribution in [-0.4, -0.2) is 35.4 Å². The number of carbonyl (C=O) groups excluding carboxylic acids is 1. The van der Waals surface area contributed by atoms with Gasteiger partial charge in [0.2, 0.25) is 0 Å². The number of anilines is 1. The number of aromatic nitrogens is 1. The van der Waals surface area contributed by atoms with E-state index in [1.54, 1.807) is 18.0 Å². The first-order valence-electron chi connectivity index (χ1n) is 5.56. The maximum absolute atomic E-state index is 12.1. The van der Waals surface area contributed by atoms with Gasteiger partial charge in [-0.2, -0.15) is 0 Å². The van der Waals surface area contributed by atoms with E-state index in [0.717, 1.165) is 0 Å². The highest BCUT2D eigenvalue weighted by Crippen LogP contribution is 2.09. The Hall–Kier alpha value is -1.58. The van der Waals surface area contributed by atoms with Crippen molar-refractivity contribution in [2.75, 3.05) is 18.9 Å². The van der Waals surface area contributed by atoms with Crippen molar-refractivity contribution in [1.82, 2.24) is 9.88 Å². The van der Waals surface area contributed by atoms with Crippen molar-refractivity contribution in [1.29, 1.82) is 0 Å². The summed E-state index contributed by atoms with van der Waals surface area (Å²) in [5.74, 6) is 0.695. The van der Waals surface area contributed by atoms with E-state index in [1.807, 2.05) is 32.9 Å². The van der Waals surface area contributed by atoms with Crippen LogP contribution in [-0.2, 0) is 0 Å². The summed E-state index contributed by atoms with van der Waals surface area (Å²) in [4.78, 5) is 18.2. The molecular formula is C12H19N3O. The maximum Gasteiger partial charge on any atom is 0.272 e. The average Bonchev–Trinajstić information content (AvgIpc) is 2.29. The fourth-order valence-electron chi connectivity index (χ4n) is 1.58. The van der Waals surface area contributed by atoms with Gasteiger partial charge >= 0.3 is 0 Å². The molecule has 1 aromatic rings. The fraction of sp³-hybridized carbons (Fsp3) is 0.500. The SMILES string of the molecule is CCN(C(=O)c1cccc(NC)n1)C(C)C. The molecule has 0 aromatic carbocycles. The van der Waals surface area contributed by atoms with Crippen LogP contribution in [0.3, 0.4) is 0 Å². The smallest absolute Gasteiger partial charge is 0.272 e. The van der Waals surface area contributed by atoms with Crippen LogP contribution in [0.1, 0.15) is 31.3 Å². The van der Waals surface area contributed by atoms with Crippen molar-refractivity contribution < 1.29 is 4.79 Å². The van der Waals surface area contributed by atoms with Gasteiger partial charge in [-0.25, -0.2) is 4.98 Å². The lowest BCUT2D eigenvalue weighted by atomic mass is 10.2. The summed E-state index contributed by atoms with van der Waals surface area (Å²) >= 11 is 0. The number of hydrogen-bond acceptors (Lipinski definition) is 3. The molecular weight excluding hydrogens is 202 g/mol. The van der Waals surface area contributed by atoms with Crippen LogP contribution in [0.2, 0.25) is 0 Å². The summed E-state index contributed by atoms with van der Waals surface area (Å²) < 4.78 is 0. The van der Waals surface area contributed by atoms with Gasteiger partial charge in [0, 0.05) is 19.6 Å². The zero-order valence-electron chi connectivity index (χ0n) is 10.3. The topological polar surface area (TPSA) is 45.2 Å². The first-order chi connectivity index (χ1) is 7.60. The molecule has 1 N–H and O–H groups in total. The van der Waals surface area contributed by atoms with Gasteiger partial charge in [0.15, 0.2) is 0 Å². The van der Waals surface area contributed by atoms with Crippen molar-refractivity contribution in [3.8, 4) is 0 Å². The normalized spacial score (nSPS) is 10.3. The average molecular weight is 221 g/mol. The van der Waals surface area contributed by atoms with Crippen LogP contribution < -0.4 is 5.32 Å². The molecule has 4 heteroatoms. The quantitative estimate of drug-likeness (QED) is 0.845. The van der Waals surface area contributed by atoms with Crippen LogP contribution in [0.5, 0.6) is 0 Å². The molecule has 0 radical (unpaired) electrons. The molecule has 0 aliphatic carbocycles. The number of carbonyl (C=O) groups is 1. The lowest BCUT2D eigenvalue weighted by molar-refractivity contribution is 0.0711. The second-order valence-electron chi connectivity index (χ2n) is 3.84. The van der Waals surface area contributed by atoms with Crippen LogP contribution in [0.4, 0.5) is 5.82 Å². The predicted octanol–water partition coefficient (Wildman–Crippen LogP) is 1.99. The number of hydrogen-bond donors (Lipinski definition) is 1. The largest absolute Gasteiger partial charge is 0.373 e. The second-order valence-corrected chi connectivity index (χ2v) is 3.84. The lowest BCUT2D eigenvalue weighted by Gasteiger charge is -2.24. The minimum atomic E-state index is -0.0189. The molecule has 1 rings (SSSR count). The van der Waals surface area contributed by atoms with Crippen molar-refractivity contribution in [3.63, 3.8) is 0 Å². The number of pyridine rings is 1. The van der Waals surface area contributed by atoms with Gasteiger partial charge in [-0.05, 0) is 32.9 Å². The van der Waals surface area contributed by atoms with Crippen LogP contribution in [0.25, 0.3) is 0 Å². The summed E-state index contributed by atoms with van der Waals surface area (Å²) in [7, 11) is 1.79. The number of rotatable bonds is 4. The first-order valence-corrected chi connectivity index (χ1v) is 5.56. The molecule has 0 aliphatic rings. The van der Waals surface area contributed by atoms with E-state index in [9.17, 15) is 4.79 Å². The molecule has 16 heavy (non-hydrogen) atoms. The lowest BCUT2D eigenvalue weighted by Crippen LogP contribution is -2.37. The molecule has 4 nitrogen and oxygen atoms in total. The highest BCUT2D eigenvalue weighted by Gasteiger charge is 2.18. The Morgan fingerprint density at radius 2 is 2.19 bits per heavy atom. The van der Waals surface area contributed by atoms with Gasteiger partial charge in [-0.3, -0.25) is 4.79 Å². The molecule has 1 heterocycles. The van der Waals surface area contributed by atoms with Crippen molar-refractivity contribution in [2.45, 2.75) is 26.8 Å². The molecule has 88 valence electrons. The van der Waals surface area contributed by atoms with E-state index in [1.165, 1.54) is 0 Å². The van der Waals surface area contributed by atoms with Gasteiger partial charge in [-0.1, -0.05) is 6.07 Å². The monoisotopic (exact) mass is 221 g/mol. The minimum absolute atomic E-state index is 0.0189. The second kappa shape index (κ2) is 5.49. The first kappa shape index (κ1) is 12.5. The van der Waals surface area contributed by atoms with Gasteiger partial charge in [0.1, 0.15) is 11.5 Å². The Kier molecular flexibility index (Phi) is 4.28. The molecule has 1 aromatic heterocycles. The molecule has 0 aliphatic heterocycles. The molecule has 0 bridgehead atoms. The Morgan fingerprint density at radius 1 is 1.50 bits per heavy atom. The zero-order valence-corrected chi connectivity index (χ0v) is 10.3. The molecule has 0 saturated carbocycles.